The summed E-state index contributed by atoms with van der Waals surface area (Å²) in [6.07, 6.45) is 0. The van der Waals surface area contributed by atoms with Crippen LogP contribution in [0.2, 0.25) is 0 Å². The van der Waals surface area contributed by atoms with Crippen LogP contribution in [-0.2, 0) is 6.54 Å². The van der Waals surface area contributed by atoms with Gasteiger partial charge in [0.05, 0.1) is 20.3 Å². The lowest BCUT2D eigenvalue weighted by molar-refractivity contribution is 0.174. The van der Waals surface area contributed by atoms with Gasteiger partial charge >= 0.3 is 0 Å². The molecular weight excluding hydrogens is 332 g/mol. The third-order valence-electron chi connectivity index (χ3n) is 3.21. The Morgan fingerprint density at radius 2 is 1.83 bits per heavy atom. The standard InChI is InChI=1S/C15H16N4O4S/c1-20-12-6-13(21-2)18-14(17-12)19-15(24)16-7-9-3-4-10-11(5-9)23-8-22-10/h3-6H,7-8H2,1-2H3,(H2,16,17,18,19,24). The largest absolute Gasteiger partial charge is 0.481 e. The van der Waals surface area contributed by atoms with E-state index in [0.29, 0.717) is 23.4 Å². The van der Waals surface area contributed by atoms with E-state index in [1.54, 1.807) is 6.07 Å². The Kier molecular flexibility index (Phi) is 4.80. The minimum Gasteiger partial charge on any atom is -0.481 e. The zero-order valence-corrected chi connectivity index (χ0v) is 14.0. The maximum atomic E-state index is 5.35. The molecule has 0 saturated heterocycles. The fourth-order valence-corrected chi connectivity index (χ4v) is 2.21. The van der Waals surface area contributed by atoms with Gasteiger partial charge in [0.25, 0.3) is 0 Å². The van der Waals surface area contributed by atoms with Gasteiger partial charge in [-0.1, -0.05) is 6.07 Å². The maximum absolute atomic E-state index is 5.35. The molecule has 0 radical (unpaired) electrons. The summed E-state index contributed by atoms with van der Waals surface area (Å²) in [7, 11) is 3.03. The Morgan fingerprint density at radius 1 is 1.12 bits per heavy atom. The number of nitrogens with zero attached hydrogens (tertiary/aromatic N) is 2. The Hall–Kier alpha value is -2.81. The van der Waals surface area contributed by atoms with Gasteiger partial charge in [-0.05, 0) is 29.9 Å². The first-order valence-electron chi connectivity index (χ1n) is 7.08. The molecule has 3 rings (SSSR count). The summed E-state index contributed by atoms with van der Waals surface area (Å²) in [6, 6.07) is 7.29. The molecule has 1 aliphatic rings. The molecule has 9 heteroatoms. The second-order valence-electron chi connectivity index (χ2n) is 4.77. The molecule has 0 amide bonds. The number of anilines is 1. The third kappa shape index (κ3) is 3.74. The normalized spacial score (nSPS) is 11.8. The van der Waals surface area contributed by atoms with E-state index in [1.807, 2.05) is 18.2 Å². The van der Waals surface area contributed by atoms with Crippen molar-refractivity contribution in [3.8, 4) is 23.3 Å². The summed E-state index contributed by atoms with van der Waals surface area (Å²) >= 11 is 5.25. The molecule has 8 nitrogen and oxygen atoms in total. The summed E-state index contributed by atoms with van der Waals surface area (Å²) in [4.78, 5) is 8.31. The predicted octanol–water partition coefficient (Wildman–Crippen LogP) is 1.71. The van der Waals surface area contributed by atoms with E-state index >= 15 is 0 Å². The van der Waals surface area contributed by atoms with E-state index in [4.69, 9.17) is 31.2 Å². The number of methoxy groups -OCH3 is 2. The van der Waals surface area contributed by atoms with Gasteiger partial charge in [0.2, 0.25) is 24.5 Å². The fourth-order valence-electron chi connectivity index (χ4n) is 2.05. The van der Waals surface area contributed by atoms with E-state index in [1.165, 1.54) is 14.2 Å². The molecule has 1 aromatic carbocycles. The van der Waals surface area contributed by atoms with Crippen LogP contribution in [0.1, 0.15) is 5.56 Å². The number of nitrogens with one attached hydrogen (secondary N) is 2. The van der Waals surface area contributed by atoms with Crippen LogP contribution in [-0.4, -0.2) is 36.1 Å². The Bertz CT molecular complexity index is 734. The van der Waals surface area contributed by atoms with E-state index < -0.39 is 0 Å². The van der Waals surface area contributed by atoms with Gasteiger partial charge in [0.15, 0.2) is 16.6 Å². The lowest BCUT2D eigenvalue weighted by Gasteiger charge is -2.11. The highest BCUT2D eigenvalue weighted by Gasteiger charge is 2.13. The third-order valence-corrected chi connectivity index (χ3v) is 3.46. The predicted molar refractivity (Wildman–Crippen MR) is 90.8 cm³/mol. The molecule has 126 valence electrons. The Labute approximate surface area is 144 Å². The summed E-state index contributed by atoms with van der Waals surface area (Å²) in [5, 5.41) is 6.35. The molecule has 0 saturated carbocycles. The number of thiocarbonyl (C=S) groups is 1. The quantitative estimate of drug-likeness (QED) is 0.784. The van der Waals surface area contributed by atoms with Gasteiger partial charge in [-0.25, -0.2) is 0 Å². The number of hydrogen-bond donors (Lipinski definition) is 2. The lowest BCUT2D eigenvalue weighted by Crippen LogP contribution is -2.28. The molecule has 0 atom stereocenters. The van der Waals surface area contributed by atoms with Gasteiger partial charge in [-0.2, -0.15) is 9.97 Å². The fraction of sp³-hybridized carbons (Fsp3) is 0.267. The number of rotatable bonds is 5. The van der Waals surface area contributed by atoms with Crippen molar-refractivity contribution in [1.82, 2.24) is 15.3 Å². The zero-order valence-electron chi connectivity index (χ0n) is 13.2. The van der Waals surface area contributed by atoms with Crippen molar-refractivity contribution >= 4 is 23.3 Å². The molecule has 0 bridgehead atoms. The smallest absolute Gasteiger partial charge is 0.235 e. The van der Waals surface area contributed by atoms with Gasteiger partial charge < -0.3 is 29.6 Å². The van der Waals surface area contributed by atoms with Crippen molar-refractivity contribution in [2.45, 2.75) is 6.54 Å². The van der Waals surface area contributed by atoms with E-state index in [-0.39, 0.29) is 12.7 Å². The molecule has 2 N–H and O–H groups in total. The molecule has 0 spiro atoms. The number of aromatic nitrogens is 2. The van der Waals surface area contributed by atoms with Gasteiger partial charge in [-0.3, -0.25) is 0 Å². The van der Waals surface area contributed by atoms with Crippen molar-refractivity contribution in [1.29, 1.82) is 0 Å². The molecular formula is C15H16N4O4S. The number of benzene rings is 1. The SMILES string of the molecule is COc1cc(OC)nc(NC(=S)NCc2ccc3c(c2)OCO3)n1. The van der Waals surface area contributed by atoms with Crippen molar-refractivity contribution in [3.63, 3.8) is 0 Å². The molecule has 0 fully saturated rings. The minimum absolute atomic E-state index is 0.251. The average Bonchev–Trinajstić information content (AvgIpc) is 3.07. The first-order chi connectivity index (χ1) is 11.7. The number of fused-ring (bicyclic) bond motifs is 1. The topological polar surface area (TPSA) is 86.8 Å². The second-order valence-corrected chi connectivity index (χ2v) is 5.18. The van der Waals surface area contributed by atoms with Gasteiger partial charge in [0.1, 0.15) is 0 Å². The maximum Gasteiger partial charge on any atom is 0.235 e. The Morgan fingerprint density at radius 3 is 2.54 bits per heavy atom. The summed E-state index contributed by atoms with van der Waals surface area (Å²) < 4.78 is 20.8. The number of ether oxygens (including phenoxy) is 4. The van der Waals surface area contributed by atoms with Crippen LogP contribution in [0.15, 0.2) is 24.3 Å². The monoisotopic (exact) mass is 348 g/mol. The highest BCUT2D eigenvalue weighted by molar-refractivity contribution is 7.80. The van der Waals surface area contributed by atoms with E-state index in [0.717, 1.165) is 17.1 Å². The first kappa shape index (κ1) is 16.1. The summed E-state index contributed by atoms with van der Waals surface area (Å²) in [5.74, 6) is 2.52. The molecule has 1 aliphatic heterocycles. The molecule has 2 aromatic rings. The van der Waals surface area contributed by atoms with Crippen molar-refractivity contribution in [2.24, 2.45) is 0 Å². The highest BCUT2D eigenvalue weighted by atomic mass is 32.1. The lowest BCUT2D eigenvalue weighted by atomic mass is 10.2. The van der Waals surface area contributed by atoms with E-state index in [9.17, 15) is 0 Å². The second kappa shape index (κ2) is 7.18. The molecule has 0 unspecified atom stereocenters. The molecule has 2 heterocycles. The number of hydrogen-bond acceptors (Lipinski definition) is 7. The van der Waals surface area contributed by atoms with Crippen LogP contribution in [0.4, 0.5) is 5.95 Å². The van der Waals surface area contributed by atoms with Crippen molar-refractivity contribution < 1.29 is 18.9 Å². The molecule has 0 aliphatic carbocycles. The van der Waals surface area contributed by atoms with E-state index in [2.05, 4.69) is 20.6 Å². The van der Waals surface area contributed by atoms with Crippen molar-refractivity contribution in [2.75, 3.05) is 26.3 Å². The summed E-state index contributed by atoms with van der Waals surface area (Å²) in [5.41, 5.74) is 1.01. The highest BCUT2D eigenvalue weighted by Crippen LogP contribution is 2.32. The van der Waals surface area contributed by atoms with Gasteiger partial charge in [-0.15, -0.1) is 0 Å². The van der Waals surface area contributed by atoms with Crippen LogP contribution in [0.5, 0.6) is 23.3 Å². The Balaban J connectivity index is 1.59. The molecule has 1 aromatic heterocycles. The van der Waals surface area contributed by atoms with Crippen LogP contribution >= 0.6 is 12.2 Å². The van der Waals surface area contributed by atoms with Crippen LogP contribution < -0.4 is 29.6 Å². The molecule has 24 heavy (non-hydrogen) atoms. The first-order valence-corrected chi connectivity index (χ1v) is 7.49. The van der Waals surface area contributed by atoms with Crippen LogP contribution in [0.25, 0.3) is 0 Å². The van der Waals surface area contributed by atoms with Crippen LogP contribution in [0.3, 0.4) is 0 Å². The summed E-state index contributed by atoms with van der Waals surface area (Å²) in [6.45, 7) is 0.769. The van der Waals surface area contributed by atoms with Crippen LogP contribution in [0, 0.1) is 0 Å². The van der Waals surface area contributed by atoms with Crippen molar-refractivity contribution in [3.05, 3.63) is 29.8 Å². The zero-order chi connectivity index (χ0) is 16.9. The average molecular weight is 348 g/mol. The van der Waals surface area contributed by atoms with Gasteiger partial charge in [0, 0.05) is 6.54 Å². The minimum atomic E-state index is 0.251.